The largest absolute Gasteiger partial charge is 0.465 e. The topological polar surface area (TPSA) is 88.6 Å². The van der Waals surface area contributed by atoms with E-state index in [0.717, 1.165) is 16.9 Å². The van der Waals surface area contributed by atoms with Crippen molar-refractivity contribution in [3.63, 3.8) is 0 Å². The number of hydrogen-bond donors (Lipinski definition) is 1. The van der Waals surface area contributed by atoms with Gasteiger partial charge in [-0.05, 0) is 24.6 Å². The first-order valence-electron chi connectivity index (χ1n) is 8.26. The number of nitrogens with zero attached hydrogens (tertiary/aromatic N) is 2. The first-order chi connectivity index (χ1) is 12.9. The van der Waals surface area contributed by atoms with Crippen molar-refractivity contribution in [2.24, 2.45) is 5.92 Å². The van der Waals surface area contributed by atoms with Crippen LogP contribution in [0.3, 0.4) is 0 Å². The van der Waals surface area contributed by atoms with E-state index in [9.17, 15) is 14.4 Å². The van der Waals surface area contributed by atoms with Gasteiger partial charge >= 0.3 is 5.97 Å². The Balaban J connectivity index is 1.62. The molecule has 1 aliphatic rings. The SMILES string of the molecule is COC(=O)c1sc(NC(=O)[C@@H]2CC(=O)N(Cc3ccc(Cl)cc3)C2)nc1C. The maximum Gasteiger partial charge on any atom is 0.350 e. The number of amides is 2. The van der Waals surface area contributed by atoms with Crippen LogP contribution in [-0.2, 0) is 20.9 Å². The molecule has 0 spiro atoms. The summed E-state index contributed by atoms with van der Waals surface area (Å²) in [5, 5.41) is 3.65. The molecule has 2 amide bonds. The predicted molar refractivity (Wildman–Crippen MR) is 102 cm³/mol. The smallest absolute Gasteiger partial charge is 0.350 e. The average molecular weight is 408 g/mol. The van der Waals surface area contributed by atoms with E-state index in [1.54, 1.807) is 24.0 Å². The van der Waals surface area contributed by atoms with Crippen LogP contribution in [-0.4, -0.2) is 41.3 Å². The van der Waals surface area contributed by atoms with E-state index in [0.29, 0.717) is 33.8 Å². The van der Waals surface area contributed by atoms with Gasteiger partial charge < -0.3 is 15.0 Å². The Kier molecular flexibility index (Phi) is 5.76. The van der Waals surface area contributed by atoms with Gasteiger partial charge in [-0.25, -0.2) is 9.78 Å². The summed E-state index contributed by atoms with van der Waals surface area (Å²) in [6.45, 7) is 2.44. The molecule has 1 aliphatic heterocycles. The van der Waals surface area contributed by atoms with Crippen LogP contribution in [0.25, 0.3) is 0 Å². The minimum Gasteiger partial charge on any atom is -0.465 e. The molecule has 1 fully saturated rings. The van der Waals surface area contributed by atoms with E-state index in [1.165, 1.54) is 7.11 Å². The summed E-state index contributed by atoms with van der Waals surface area (Å²) in [4.78, 5) is 42.6. The number of nitrogens with one attached hydrogen (secondary N) is 1. The molecule has 0 unspecified atom stereocenters. The average Bonchev–Trinajstić information content (AvgIpc) is 3.19. The summed E-state index contributed by atoms with van der Waals surface area (Å²) in [5.74, 6) is -1.31. The van der Waals surface area contributed by atoms with Gasteiger partial charge in [-0.15, -0.1) is 0 Å². The fourth-order valence-corrected chi connectivity index (χ4v) is 3.86. The lowest BCUT2D eigenvalue weighted by Crippen LogP contribution is -2.28. The summed E-state index contributed by atoms with van der Waals surface area (Å²) in [6.07, 6.45) is 0.146. The Morgan fingerprint density at radius 2 is 2.07 bits per heavy atom. The molecule has 0 radical (unpaired) electrons. The third-order valence-corrected chi connectivity index (χ3v) is 5.57. The summed E-state index contributed by atoms with van der Waals surface area (Å²) >= 11 is 6.93. The number of methoxy groups -OCH3 is 1. The molecule has 1 saturated heterocycles. The van der Waals surface area contributed by atoms with Gasteiger partial charge in [0.05, 0.1) is 18.7 Å². The number of halogens is 1. The van der Waals surface area contributed by atoms with E-state index in [2.05, 4.69) is 15.0 Å². The standard InChI is InChI=1S/C18H18ClN3O4S/c1-10-15(17(25)26-2)27-18(20-10)21-16(24)12-7-14(23)22(9-12)8-11-3-5-13(19)6-4-11/h3-6,12H,7-9H2,1-2H3,(H,20,21,24)/t12-/m1/s1. The molecule has 3 rings (SSSR count). The normalized spacial score (nSPS) is 16.5. The molecule has 0 saturated carbocycles. The van der Waals surface area contributed by atoms with Gasteiger partial charge in [0.1, 0.15) is 4.88 Å². The second-order valence-corrected chi connectivity index (χ2v) is 7.65. The highest BCUT2D eigenvalue weighted by Crippen LogP contribution is 2.26. The van der Waals surface area contributed by atoms with Crippen LogP contribution >= 0.6 is 22.9 Å². The molecule has 27 heavy (non-hydrogen) atoms. The van der Waals surface area contributed by atoms with Gasteiger partial charge in [0, 0.05) is 24.5 Å². The van der Waals surface area contributed by atoms with Crippen molar-refractivity contribution in [2.45, 2.75) is 19.9 Å². The highest BCUT2D eigenvalue weighted by atomic mass is 35.5. The Hall–Kier alpha value is -2.45. The van der Waals surface area contributed by atoms with E-state index in [-0.39, 0.29) is 18.2 Å². The van der Waals surface area contributed by atoms with Crippen LogP contribution < -0.4 is 5.32 Å². The monoisotopic (exact) mass is 407 g/mol. The fourth-order valence-electron chi connectivity index (χ4n) is 2.85. The van der Waals surface area contributed by atoms with Crippen molar-refractivity contribution in [1.82, 2.24) is 9.88 Å². The highest BCUT2D eigenvalue weighted by molar-refractivity contribution is 7.17. The molecule has 0 aliphatic carbocycles. The minimum absolute atomic E-state index is 0.0735. The Bertz CT molecular complexity index is 881. The third kappa shape index (κ3) is 4.45. The third-order valence-electron chi connectivity index (χ3n) is 4.27. The van der Waals surface area contributed by atoms with Crippen molar-refractivity contribution in [1.29, 1.82) is 0 Å². The van der Waals surface area contributed by atoms with E-state index in [1.807, 2.05) is 12.1 Å². The predicted octanol–water partition coefficient (Wildman–Crippen LogP) is 2.88. The van der Waals surface area contributed by atoms with Gasteiger partial charge in [0.15, 0.2) is 5.13 Å². The fraction of sp³-hybridized carbons (Fsp3) is 0.333. The first-order valence-corrected chi connectivity index (χ1v) is 9.45. The molecule has 7 nitrogen and oxygen atoms in total. The molecule has 0 bridgehead atoms. The summed E-state index contributed by atoms with van der Waals surface area (Å²) in [5.41, 5.74) is 1.45. The lowest BCUT2D eigenvalue weighted by Gasteiger charge is -2.16. The number of aryl methyl sites for hydroxylation is 1. The van der Waals surface area contributed by atoms with E-state index in [4.69, 9.17) is 11.6 Å². The molecule has 1 aromatic carbocycles. The molecular weight excluding hydrogens is 390 g/mol. The van der Waals surface area contributed by atoms with Gasteiger partial charge in [0.25, 0.3) is 0 Å². The van der Waals surface area contributed by atoms with E-state index < -0.39 is 11.9 Å². The maximum absolute atomic E-state index is 12.5. The van der Waals surface area contributed by atoms with Crippen LogP contribution in [0.2, 0.25) is 5.02 Å². The molecule has 9 heteroatoms. The second-order valence-electron chi connectivity index (χ2n) is 6.22. The van der Waals surface area contributed by atoms with Crippen molar-refractivity contribution in [2.75, 3.05) is 19.0 Å². The maximum atomic E-state index is 12.5. The summed E-state index contributed by atoms with van der Waals surface area (Å²) in [6, 6.07) is 7.25. The quantitative estimate of drug-likeness (QED) is 0.770. The highest BCUT2D eigenvalue weighted by Gasteiger charge is 2.34. The van der Waals surface area contributed by atoms with Gasteiger partial charge in [0.2, 0.25) is 11.8 Å². The van der Waals surface area contributed by atoms with Crippen LogP contribution in [0.5, 0.6) is 0 Å². The summed E-state index contributed by atoms with van der Waals surface area (Å²) < 4.78 is 4.69. The zero-order valence-corrected chi connectivity index (χ0v) is 16.4. The number of rotatable bonds is 5. The molecule has 1 aromatic heterocycles. The zero-order valence-electron chi connectivity index (χ0n) is 14.8. The van der Waals surface area contributed by atoms with Crippen LogP contribution in [0.4, 0.5) is 5.13 Å². The molecule has 1 atom stereocenters. The Labute approximate surface area is 165 Å². The number of hydrogen-bond acceptors (Lipinski definition) is 6. The number of thiazole rings is 1. The lowest BCUT2D eigenvalue weighted by atomic mass is 10.1. The number of carbonyl (C=O) groups excluding carboxylic acids is 3. The Morgan fingerprint density at radius 3 is 2.74 bits per heavy atom. The molecule has 2 aromatic rings. The van der Waals surface area contributed by atoms with Crippen molar-refractivity contribution >= 4 is 45.9 Å². The number of carbonyl (C=O) groups is 3. The van der Waals surface area contributed by atoms with Crippen LogP contribution in [0, 0.1) is 12.8 Å². The van der Waals surface area contributed by atoms with Gasteiger partial charge in [-0.3, -0.25) is 9.59 Å². The van der Waals surface area contributed by atoms with Gasteiger partial charge in [-0.2, -0.15) is 0 Å². The first kappa shape index (κ1) is 19.3. The van der Waals surface area contributed by atoms with Crippen molar-refractivity contribution in [3.8, 4) is 0 Å². The minimum atomic E-state index is -0.490. The summed E-state index contributed by atoms with van der Waals surface area (Å²) in [7, 11) is 1.29. The number of esters is 1. The zero-order chi connectivity index (χ0) is 19.6. The molecule has 2 heterocycles. The number of aromatic nitrogens is 1. The van der Waals surface area contributed by atoms with Crippen LogP contribution in [0.1, 0.15) is 27.3 Å². The molecular formula is C18H18ClN3O4S. The number of benzene rings is 1. The molecule has 142 valence electrons. The molecule has 1 N–H and O–H groups in total. The number of anilines is 1. The number of likely N-dealkylation sites (tertiary alicyclic amines) is 1. The lowest BCUT2D eigenvalue weighted by molar-refractivity contribution is -0.128. The van der Waals surface area contributed by atoms with Crippen molar-refractivity contribution < 1.29 is 19.1 Å². The van der Waals surface area contributed by atoms with Gasteiger partial charge in [-0.1, -0.05) is 35.1 Å². The van der Waals surface area contributed by atoms with Crippen molar-refractivity contribution in [3.05, 3.63) is 45.4 Å². The van der Waals surface area contributed by atoms with E-state index >= 15 is 0 Å². The van der Waals surface area contributed by atoms with Crippen LogP contribution in [0.15, 0.2) is 24.3 Å². The second kappa shape index (κ2) is 8.06. The number of ether oxygens (including phenoxy) is 1. The Morgan fingerprint density at radius 1 is 1.37 bits per heavy atom.